The third kappa shape index (κ3) is 2.16. The lowest BCUT2D eigenvalue weighted by molar-refractivity contribution is 0.328. The number of ether oxygens (including phenoxy) is 1. The first-order valence-corrected chi connectivity index (χ1v) is 7.20. The van der Waals surface area contributed by atoms with Crippen LogP contribution in [-0.4, -0.2) is 6.61 Å². The van der Waals surface area contributed by atoms with Gasteiger partial charge in [0, 0.05) is 16.7 Å². The lowest BCUT2D eigenvalue weighted by atomic mass is 10.0. The first-order chi connectivity index (χ1) is 8.75. The topological polar surface area (TPSA) is 9.23 Å². The largest absolute Gasteiger partial charge is 0.492 e. The van der Waals surface area contributed by atoms with Gasteiger partial charge in [-0.05, 0) is 12.5 Å². The minimum Gasteiger partial charge on any atom is -0.492 e. The maximum absolute atomic E-state index is 6.22. The average molecular weight is 297 g/mol. The molecule has 1 aromatic carbocycles. The summed E-state index contributed by atoms with van der Waals surface area (Å²) in [6.07, 6.45) is 5.14. The number of benzene rings is 1. The molecule has 18 heavy (non-hydrogen) atoms. The molecule has 0 saturated carbocycles. The predicted octanol–water partition coefficient (Wildman–Crippen LogP) is 5.52. The Hall–Kier alpha value is -0.960. The summed E-state index contributed by atoms with van der Waals surface area (Å²) in [6, 6.07) is 7.96. The Kier molecular flexibility index (Phi) is 3.33. The van der Waals surface area contributed by atoms with Crippen LogP contribution in [-0.2, 0) is 0 Å². The Labute approximate surface area is 120 Å². The van der Waals surface area contributed by atoms with Crippen LogP contribution in [0.5, 0.6) is 5.75 Å². The highest BCUT2D eigenvalue weighted by Gasteiger charge is 2.16. The maximum Gasteiger partial charge on any atom is 0.134 e. The Balaban J connectivity index is 2.19. The SMILES string of the molecule is Clc1cc(-c2cccc3c2OCCC=C3)c(Cl)s1. The van der Waals surface area contributed by atoms with Gasteiger partial charge in [-0.2, -0.15) is 0 Å². The van der Waals surface area contributed by atoms with E-state index < -0.39 is 0 Å². The van der Waals surface area contributed by atoms with Crippen molar-refractivity contribution in [3.8, 4) is 16.9 Å². The fourth-order valence-corrected chi connectivity index (χ4v) is 3.51. The fraction of sp³-hybridized carbons (Fsp3) is 0.143. The van der Waals surface area contributed by atoms with E-state index >= 15 is 0 Å². The highest BCUT2D eigenvalue weighted by Crippen LogP contribution is 2.43. The second-order valence-electron chi connectivity index (χ2n) is 4.00. The van der Waals surface area contributed by atoms with Gasteiger partial charge < -0.3 is 4.74 Å². The zero-order valence-electron chi connectivity index (χ0n) is 9.45. The molecule has 0 radical (unpaired) electrons. The number of halogens is 2. The lowest BCUT2D eigenvalue weighted by Gasteiger charge is -2.11. The molecule has 2 aromatic rings. The summed E-state index contributed by atoms with van der Waals surface area (Å²) in [6.45, 7) is 0.690. The Morgan fingerprint density at radius 3 is 2.83 bits per heavy atom. The second-order valence-corrected chi connectivity index (χ2v) is 6.29. The zero-order valence-corrected chi connectivity index (χ0v) is 11.8. The van der Waals surface area contributed by atoms with Gasteiger partial charge in [-0.1, -0.05) is 53.6 Å². The van der Waals surface area contributed by atoms with Gasteiger partial charge in [0.2, 0.25) is 0 Å². The highest BCUT2D eigenvalue weighted by atomic mass is 35.5. The number of thiophene rings is 1. The summed E-state index contributed by atoms with van der Waals surface area (Å²) in [5, 5.41) is 0. The average Bonchev–Trinajstić information content (AvgIpc) is 2.58. The quantitative estimate of drug-likeness (QED) is 0.673. The van der Waals surface area contributed by atoms with Gasteiger partial charge in [0.15, 0.2) is 0 Å². The maximum atomic E-state index is 6.22. The van der Waals surface area contributed by atoms with E-state index in [9.17, 15) is 0 Å². The molecule has 92 valence electrons. The molecular formula is C14H10Cl2OS. The van der Waals surface area contributed by atoms with Crippen LogP contribution in [0.15, 0.2) is 30.3 Å². The predicted molar refractivity (Wildman–Crippen MR) is 78.9 cm³/mol. The van der Waals surface area contributed by atoms with Gasteiger partial charge in [-0.25, -0.2) is 0 Å². The van der Waals surface area contributed by atoms with E-state index in [4.69, 9.17) is 27.9 Å². The number of hydrogen-bond donors (Lipinski definition) is 0. The van der Waals surface area contributed by atoms with Crippen molar-refractivity contribution >= 4 is 40.6 Å². The Morgan fingerprint density at radius 1 is 1.17 bits per heavy atom. The molecule has 0 atom stereocenters. The summed E-state index contributed by atoms with van der Waals surface area (Å²) < 4.78 is 7.23. The minimum absolute atomic E-state index is 0.690. The van der Waals surface area contributed by atoms with Crippen LogP contribution >= 0.6 is 34.5 Å². The van der Waals surface area contributed by atoms with E-state index in [1.54, 1.807) is 0 Å². The van der Waals surface area contributed by atoms with Crippen LogP contribution < -0.4 is 4.74 Å². The smallest absolute Gasteiger partial charge is 0.134 e. The van der Waals surface area contributed by atoms with Crippen molar-refractivity contribution in [1.29, 1.82) is 0 Å². The molecule has 1 nitrogen and oxygen atoms in total. The molecule has 3 rings (SSSR count). The van der Waals surface area contributed by atoms with Crippen molar-refractivity contribution in [3.63, 3.8) is 0 Å². The molecule has 0 saturated heterocycles. The number of para-hydroxylation sites is 1. The van der Waals surface area contributed by atoms with Gasteiger partial charge in [-0.3, -0.25) is 0 Å². The molecule has 0 fully saturated rings. The van der Waals surface area contributed by atoms with E-state index in [1.807, 2.05) is 24.3 Å². The van der Waals surface area contributed by atoms with E-state index in [0.29, 0.717) is 15.3 Å². The summed E-state index contributed by atoms with van der Waals surface area (Å²) in [5.41, 5.74) is 3.04. The first-order valence-electron chi connectivity index (χ1n) is 5.63. The molecule has 4 heteroatoms. The molecule has 0 bridgehead atoms. The number of hydrogen-bond acceptors (Lipinski definition) is 2. The van der Waals surface area contributed by atoms with Gasteiger partial charge >= 0.3 is 0 Å². The molecule has 2 heterocycles. The number of rotatable bonds is 1. The normalized spacial score (nSPS) is 13.9. The van der Waals surface area contributed by atoms with Crippen LogP contribution in [0.4, 0.5) is 0 Å². The van der Waals surface area contributed by atoms with Gasteiger partial charge in [0.1, 0.15) is 10.1 Å². The summed E-state index contributed by atoms with van der Waals surface area (Å²) in [7, 11) is 0. The van der Waals surface area contributed by atoms with Crippen molar-refractivity contribution in [2.45, 2.75) is 6.42 Å². The third-order valence-electron chi connectivity index (χ3n) is 2.82. The summed E-state index contributed by atoms with van der Waals surface area (Å²) in [4.78, 5) is 0. The number of fused-ring (bicyclic) bond motifs is 1. The van der Waals surface area contributed by atoms with Gasteiger partial charge in [-0.15, -0.1) is 11.3 Å². The molecule has 0 N–H and O–H groups in total. The molecule has 0 aliphatic carbocycles. The van der Waals surface area contributed by atoms with E-state index in [1.165, 1.54) is 11.3 Å². The standard InChI is InChI=1S/C14H10Cl2OS/c15-12-8-11(14(16)18-12)10-6-3-5-9-4-1-2-7-17-13(9)10/h1,3-6,8H,2,7H2. The lowest BCUT2D eigenvalue weighted by Crippen LogP contribution is -1.97. The highest BCUT2D eigenvalue weighted by molar-refractivity contribution is 7.20. The molecule has 1 aliphatic rings. The second kappa shape index (κ2) is 4.96. The molecule has 0 amide bonds. The molecule has 1 aliphatic heterocycles. The van der Waals surface area contributed by atoms with Gasteiger partial charge in [0.25, 0.3) is 0 Å². The third-order valence-corrected chi connectivity index (χ3v) is 4.31. The zero-order chi connectivity index (χ0) is 12.5. The van der Waals surface area contributed by atoms with Crippen LogP contribution in [0.25, 0.3) is 17.2 Å². The summed E-state index contributed by atoms with van der Waals surface area (Å²) >= 11 is 13.6. The van der Waals surface area contributed by atoms with Crippen molar-refractivity contribution in [2.75, 3.05) is 6.61 Å². The van der Waals surface area contributed by atoms with Crippen molar-refractivity contribution in [3.05, 3.63) is 44.6 Å². The van der Waals surface area contributed by atoms with Crippen LogP contribution in [0, 0.1) is 0 Å². The van der Waals surface area contributed by atoms with Crippen molar-refractivity contribution < 1.29 is 4.74 Å². The fourth-order valence-electron chi connectivity index (χ4n) is 2.02. The Morgan fingerprint density at radius 2 is 2.06 bits per heavy atom. The summed E-state index contributed by atoms with van der Waals surface area (Å²) in [5.74, 6) is 0.891. The molecule has 0 spiro atoms. The van der Waals surface area contributed by atoms with Gasteiger partial charge in [0.05, 0.1) is 10.9 Å². The molecule has 1 aromatic heterocycles. The Bertz CT molecular complexity index is 616. The minimum atomic E-state index is 0.690. The van der Waals surface area contributed by atoms with Crippen LogP contribution in [0.2, 0.25) is 8.67 Å². The van der Waals surface area contributed by atoms with Crippen LogP contribution in [0.1, 0.15) is 12.0 Å². The van der Waals surface area contributed by atoms with E-state index in [2.05, 4.69) is 12.2 Å². The van der Waals surface area contributed by atoms with E-state index in [0.717, 1.165) is 28.9 Å². The van der Waals surface area contributed by atoms with Crippen LogP contribution in [0.3, 0.4) is 0 Å². The first kappa shape index (κ1) is 12.1. The molecule has 0 unspecified atom stereocenters. The monoisotopic (exact) mass is 296 g/mol. The van der Waals surface area contributed by atoms with E-state index in [-0.39, 0.29) is 0 Å². The van der Waals surface area contributed by atoms with Crippen molar-refractivity contribution in [1.82, 2.24) is 0 Å². The molecular weight excluding hydrogens is 287 g/mol. The van der Waals surface area contributed by atoms with Crippen molar-refractivity contribution in [2.24, 2.45) is 0 Å².